The van der Waals surface area contributed by atoms with E-state index in [1.165, 1.54) is 34.9 Å². The number of nitrogens with zero attached hydrogens (tertiary/aromatic N) is 2. The Morgan fingerprint density at radius 2 is 1.89 bits per heavy atom. The molecule has 0 fully saturated rings. The second-order valence-electron chi connectivity index (χ2n) is 6.99. The molecule has 0 spiro atoms. The number of Topliss-reactive ketones (excluding diaryl/α,β-unsaturated/α-hetero) is 1. The van der Waals surface area contributed by atoms with Gasteiger partial charge in [0.25, 0.3) is 0 Å². The summed E-state index contributed by atoms with van der Waals surface area (Å²) >= 11 is 1.42. The van der Waals surface area contributed by atoms with Crippen LogP contribution in [0.15, 0.2) is 47.6 Å². The summed E-state index contributed by atoms with van der Waals surface area (Å²) in [4.78, 5) is 16.0. The highest BCUT2D eigenvalue weighted by Crippen LogP contribution is 2.27. The second kappa shape index (κ2) is 7.69. The summed E-state index contributed by atoms with van der Waals surface area (Å²) in [6.45, 7) is 4.07. The number of hydrogen-bond acceptors (Lipinski definition) is 4. The van der Waals surface area contributed by atoms with E-state index in [4.69, 9.17) is 0 Å². The molecule has 2 aromatic carbocycles. The van der Waals surface area contributed by atoms with Crippen molar-refractivity contribution in [1.82, 2.24) is 15.2 Å². The van der Waals surface area contributed by atoms with Gasteiger partial charge in [0.1, 0.15) is 0 Å². The Hall–Kier alpha value is -2.40. The van der Waals surface area contributed by atoms with Crippen LogP contribution in [0.3, 0.4) is 0 Å². The van der Waals surface area contributed by atoms with Crippen LogP contribution < -0.4 is 0 Å². The number of carbonyl (C=O) groups is 1. The third kappa shape index (κ3) is 3.83. The standard InChI is InChI=1S/C22H23N3OS/c1-3-15-7-9-17(10-8-15)21-23-22(25-24-21)27-14(2)20(26)19-12-11-16-5-4-6-18(16)13-19/h7-14H,3-6H2,1-2H3,(H,23,24,25). The van der Waals surface area contributed by atoms with Crippen LogP contribution in [0.25, 0.3) is 11.4 Å². The molecule has 0 radical (unpaired) electrons. The molecule has 27 heavy (non-hydrogen) atoms. The van der Waals surface area contributed by atoms with Crippen molar-refractivity contribution in [2.45, 2.75) is 49.9 Å². The molecule has 0 aliphatic heterocycles. The molecule has 1 unspecified atom stereocenters. The molecule has 138 valence electrons. The Balaban J connectivity index is 1.45. The molecule has 0 saturated heterocycles. The Labute approximate surface area is 163 Å². The van der Waals surface area contributed by atoms with Gasteiger partial charge in [0, 0.05) is 11.1 Å². The Morgan fingerprint density at radius 3 is 2.67 bits per heavy atom. The van der Waals surface area contributed by atoms with E-state index in [1.807, 2.05) is 25.1 Å². The van der Waals surface area contributed by atoms with Crippen molar-refractivity contribution in [3.8, 4) is 11.4 Å². The molecule has 4 rings (SSSR count). The van der Waals surface area contributed by atoms with E-state index in [0.29, 0.717) is 5.16 Å². The molecule has 1 aromatic heterocycles. The number of rotatable bonds is 6. The van der Waals surface area contributed by atoms with Gasteiger partial charge >= 0.3 is 0 Å². The molecular formula is C22H23N3OS. The van der Waals surface area contributed by atoms with Crippen molar-refractivity contribution in [3.05, 3.63) is 64.7 Å². The van der Waals surface area contributed by atoms with E-state index in [2.05, 4.69) is 46.4 Å². The van der Waals surface area contributed by atoms with E-state index in [1.54, 1.807) is 0 Å². The first-order valence-corrected chi connectivity index (χ1v) is 10.4. The highest BCUT2D eigenvalue weighted by atomic mass is 32.2. The van der Waals surface area contributed by atoms with Crippen molar-refractivity contribution >= 4 is 17.5 Å². The highest BCUT2D eigenvalue weighted by Gasteiger charge is 2.21. The van der Waals surface area contributed by atoms with Crippen LogP contribution in [-0.2, 0) is 19.3 Å². The monoisotopic (exact) mass is 377 g/mol. The SMILES string of the molecule is CCc1ccc(-c2nnc(SC(C)C(=O)c3ccc4c(c3)CCC4)[nH]2)cc1. The van der Waals surface area contributed by atoms with Crippen molar-refractivity contribution in [1.29, 1.82) is 0 Å². The third-order valence-corrected chi connectivity index (χ3v) is 6.12. The first kappa shape index (κ1) is 18.0. The summed E-state index contributed by atoms with van der Waals surface area (Å²) < 4.78 is 0. The van der Waals surface area contributed by atoms with Crippen LogP contribution in [-0.4, -0.2) is 26.2 Å². The number of nitrogens with one attached hydrogen (secondary N) is 1. The minimum absolute atomic E-state index is 0.139. The number of aryl methyl sites for hydroxylation is 3. The molecule has 4 nitrogen and oxygen atoms in total. The second-order valence-corrected chi connectivity index (χ2v) is 8.32. The van der Waals surface area contributed by atoms with Crippen molar-refractivity contribution in [3.63, 3.8) is 0 Å². The van der Waals surface area contributed by atoms with Gasteiger partial charge in [-0.2, -0.15) is 0 Å². The van der Waals surface area contributed by atoms with E-state index in [9.17, 15) is 4.79 Å². The zero-order chi connectivity index (χ0) is 18.8. The Morgan fingerprint density at radius 1 is 1.11 bits per heavy atom. The van der Waals surface area contributed by atoms with Crippen molar-refractivity contribution in [2.75, 3.05) is 0 Å². The molecular weight excluding hydrogens is 354 g/mol. The first-order valence-electron chi connectivity index (χ1n) is 9.48. The van der Waals surface area contributed by atoms with Gasteiger partial charge in [-0.05, 0) is 55.4 Å². The van der Waals surface area contributed by atoms with E-state index in [0.717, 1.165) is 36.2 Å². The highest BCUT2D eigenvalue weighted by molar-refractivity contribution is 8.00. The molecule has 1 aliphatic carbocycles. The number of ketones is 1. The van der Waals surface area contributed by atoms with Crippen LogP contribution >= 0.6 is 11.8 Å². The summed E-state index contributed by atoms with van der Waals surface area (Å²) in [6.07, 6.45) is 4.42. The first-order chi connectivity index (χ1) is 13.1. The molecule has 5 heteroatoms. The minimum Gasteiger partial charge on any atom is -0.316 e. The fraction of sp³-hybridized carbons (Fsp3) is 0.318. The topological polar surface area (TPSA) is 58.6 Å². The number of aromatic nitrogens is 3. The number of carbonyl (C=O) groups excluding carboxylic acids is 1. The fourth-order valence-corrected chi connectivity index (χ4v) is 4.33. The van der Waals surface area contributed by atoms with Gasteiger partial charge < -0.3 is 4.98 Å². The maximum absolute atomic E-state index is 12.8. The minimum atomic E-state index is -0.215. The molecule has 0 bridgehead atoms. The van der Waals surface area contributed by atoms with Gasteiger partial charge in [-0.25, -0.2) is 0 Å². The van der Waals surface area contributed by atoms with Crippen LogP contribution in [0, 0.1) is 0 Å². The maximum atomic E-state index is 12.8. The molecule has 0 amide bonds. The Kier molecular flexibility index (Phi) is 5.12. The maximum Gasteiger partial charge on any atom is 0.189 e. The lowest BCUT2D eigenvalue weighted by molar-refractivity contribution is 0.0994. The largest absolute Gasteiger partial charge is 0.316 e. The van der Waals surface area contributed by atoms with Gasteiger partial charge in [0.15, 0.2) is 16.8 Å². The molecule has 3 aromatic rings. The predicted molar refractivity (Wildman–Crippen MR) is 109 cm³/mol. The lowest BCUT2D eigenvalue weighted by Gasteiger charge is -2.09. The smallest absolute Gasteiger partial charge is 0.189 e. The van der Waals surface area contributed by atoms with Crippen molar-refractivity contribution < 1.29 is 4.79 Å². The number of thioether (sulfide) groups is 1. The average Bonchev–Trinajstić information content (AvgIpc) is 3.36. The summed E-state index contributed by atoms with van der Waals surface area (Å²) in [5, 5.41) is 8.91. The molecule has 1 N–H and O–H groups in total. The van der Waals surface area contributed by atoms with Crippen LogP contribution in [0.1, 0.15) is 47.3 Å². The summed E-state index contributed by atoms with van der Waals surface area (Å²) in [6, 6.07) is 14.4. The van der Waals surface area contributed by atoms with Crippen molar-refractivity contribution in [2.24, 2.45) is 0 Å². The Bertz CT molecular complexity index is 962. The summed E-state index contributed by atoms with van der Waals surface area (Å²) in [5.74, 6) is 0.872. The van der Waals surface area contributed by atoms with E-state index in [-0.39, 0.29) is 11.0 Å². The number of benzene rings is 2. The molecule has 1 atom stereocenters. The lowest BCUT2D eigenvalue weighted by Crippen LogP contribution is -2.14. The summed E-state index contributed by atoms with van der Waals surface area (Å²) in [7, 11) is 0. The van der Waals surface area contributed by atoms with E-state index < -0.39 is 0 Å². The molecule has 0 saturated carbocycles. The van der Waals surface area contributed by atoms with Gasteiger partial charge in [0.05, 0.1) is 5.25 Å². The normalized spacial score (nSPS) is 14.1. The zero-order valence-electron chi connectivity index (χ0n) is 15.7. The quantitative estimate of drug-likeness (QED) is 0.491. The van der Waals surface area contributed by atoms with Crippen LogP contribution in [0.4, 0.5) is 0 Å². The lowest BCUT2D eigenvalue weighted by atomic mass is 10.0. The van der Waals surface area contributed by atoms with Crippen LogP contribution in [0.2, 0.25) is 0 Å². The molecule has 1 aliphatic rings. The number of H-pyrrole nitrogens is 1. The predicted octanol–water partition coefficient (Wildman–Crippen LogP) is 4.89. The number of aromatic amines is 1. The van der Waals surface area contributed by atoms with Gasteiger partial charge in [-0.1, -0.05) is 55.1 Å². The zero-order valence-corrected chi connectivity index (χ0v) is 16.5. The van der Waals surface area contributed by atoms with E-state index >= 15 is 0 Å². The average molecular weight is 378 g/mol. The fourth-order valence-electron chi connectivity index (χ4n) is 3.51. The number of hydrogen-bond donors (Lipinski definition) is 1. The van der Waals surface area contributed by atoms with Gasteiger partial charge in [0.2, 0.25) is 0 Å². The molecule has 1 heterocycles. The number of fused-ring (bicyclic) bond motifs is 1. The third-order valence-electron chi connectivity index (χ3n) is 5.14. The van der Waals surface area contributed by atoms with Gasteiger partial charge in [-0.15, -0.1) is 10.2 Å². The summed E-state index contributed by atoms with van der Waals surface area (Å²) in [5.41, 5.74) is 5.81. The van der Waals surface area contributed by atoms with Gasteiger partial charge in [-0.3, -0.25) is 4.79 Å². The van der Waals surface area contributed by atoms with Crippen LogP contribution in [0.5, 0.6) is 0 Å².